The summed E-state index contributed by atoms with van der Waals surface area (Å²) in [4.78, 5) is 23.2. The molecule has 1 aromatic heterocycles. The van der Waals surface area contributed by atoms with Gasteiger partial charge in [0.15, 0.2) is 0 Å². The van der Waals surface area contributed by atoms with Crippen molar-refractivity contribution in [3.8, 4) is 0 Å². The highest BCUT2D eigenvalue weighted by Crippen LogP contribution is 1.96. The number of aromatic amines is 1. The van der Waals surface area contributed by atoms with Gasteiger partial charge in [0, 0.05) is 5.38 Å². The molecule has 5 heteroatoms. The van der Waals surface area contributed by atoms with E-state index in [-0.39, 0.29) is 10.6 Å². The molecule has 0 saturated carbocycles. The molecule has 0 atom stereocenters. The molecule has 0 spiro atoms. The smallest absolute Gasteiger partial charge is 0.355 e. The highest BCUT2D eigenvalue weighted by molar-refractivity contribution is 7.07. The van der Waals surface area contributed by atoms with Gasteiger partial charge < -0.3 is 9.72 Å². The van der Waals surface area contributed by atoms with E-state index >= 15 is 0 Å². The highest BCUT2D eigenvalue weighted by Gasteiger charge is 2.05. The van der Waals surface area contributed by atoms with Crippen LogP contribution in [0.4, 0.5) is 0 Å². The maximum absolute atomic E-state index is 10.6. The first-order valence-electron chi connectivity index (χ1n) is 2.50. The number of ether oxygens (including phenoxy) is 1. The van der Waals surface area contributed by atoms with Crippen molar-refractivity contribution in [1.82, 2.24) is 4.98 Å². The van der Waals surface area contributed by atoms with E-state index in [1.54, 1.807) is 0 Å². The summed E-state index contributed by atoms with van der Waals surface area (Å²) in [6.45, 7) is 0. The Morgan fingerprint density at radius 3 is 2.90 bits per heavy atom. The molecule has 54 valence electrons. The lowest BCUT2D eigenvalue weighted by atomic mass is 10.5. The van der Waals surface area contributed by atoms with Crippen molar-refractivity contribution >= 4 is 17.3 Å². The van der Waals surface area contributed by atoms with E-state index in [2.05, 4.69) is 9.72 Å². The molecule has 0 fully saturated rings. The van der Waals surface area contributed by atoms with Crippen molar-refractivity contribution in [3.05, 3.63) is 20.7 Å². The van der Waals surface area contributed by atoms with Gasteiger partial charge >= 0.3 is 10.8 Å². The quantitative estimate of drug-likeness (QED) is 0.596. The van der Waals surface area contributed by atoms with Crippen LogP contribution in [0.2, 0.25) is 0 Å². The molecule has 1 N–H and O–H groups in total. The van der Waals surface area contributed by atoms with Crippen molar-refractivity contribution in [3.63, 3.8) is 0 Å². The molecule has 10 heavy (non-hydrogen) atoms. The molecule has 0 aliphatic heterocycles. The summed E-state index contributed by atoms with van der Waals surface area (Å²) in [7, 11) is 1.26. The number of thiazole rings is 1. The van der Waals surface area contributed by atoms with Crippen molar-refractivity contribution in [2.45, 2.75) is 0 Å². The van der Waals surface area contributed by atoms with Crippen LogP contribution in [0.15, 0.2) is 10.2 Å². The van der Waals surface area contributed by atoms with Crippen LogP contribution in [0.3, 0.4) is 0 Å². The van der Waals surface area contributed by atoms with Gasteiger partial charge in [0.05, 0.1) is 7.11 Å². The van der Waals surface area contributed by atoms with Crippen LogP contribution >= 0.6 is 11.3 Å². The first-order valence-corrected chi connectivity index (χ1v) is 3.38. The second kappa shape index (κ2) is 2.66. The predicted octanol–water partition coefficient (Wildman–Crippen LogP) is 0.223. The third kappa shape index (κ3) is 1.24. The fraction of sp³-hybridized carbons (Fsp3) is 0.200. The van der Waals surface area contributed by atoms with Crippen LogP contribution in [-0.2, 0) is 4.74 Å². The zero-order valence-corrected chi connectivity index (χ0v) is 6.03. The van der Waals surface area contributed by atoms with E-state index in [0.29, 0.717) is 0 Å². The van der Waals surface area contributed by atoms with Gasteiger partial charge in [-0.2, -0.15) is 0 Å². The number of carbonyl (C=O) groups excluding carboxylic acids is 1. The van der Waals surface area contributed by atoms with Gasteiger partial charge in [0.1, 0.15) is 5.69 Å². The van der Waals surface area contributed by atoms with Gasteiger partial charge in [-0.3, -0.25) is 4.79 Å². The van der Waals surface area contributed by atoms with Crippen LogP contribution in [0.1, 0.15) is 10.5 Å². The Morgan fingerprint density at radius 1 is 1.80 bits per heavy atom. The van der Waals surface area contributed by atoms with E-state index in [9.17, 15) is 9.59 Å². The number of carbonyl (C=O) groups is 1. The topological polar surface area (TPSA) is 59.2 Å². The maximum atomic E-state index is 10.6. The number of methoxy groups -OCH3 is 1. The average molecular weight is 159 g/mol. The third-order valence-corrected chi connectivity index (χ3v) is 1.60. The van der Waals surface area contributed by atoms with Gasteiger partial charge in [-0.1, -0.05) is 11.3 Å². The van der Waals surface area contributed by atoms with E-state index < -0.39 is 5.97 Å². The molecule has 0 bridgehead atoms. The van der Waals surface area contributed by atoms with Crippen LogP contribution in [0.25, 0.3) is 0 Å². The van der Waals surface area contributed by atoms with Gasteiger partial charge in [-0.05, 0) is 0 Å². The highest BCUT2D eigenvalue weighted by atomic mass is 32.1. The second-order valence-electron chi connectivity index (χ2n) is 1.55. The zero-order valence-electron chi connectivity index (χ0n) is 5.21. The summed E-state index contributed by atoms with van der Waals surface area (Å²) in [5.74, 6) is -0.515. The zero-order chi connectivity index (χ0) is 7.56. The van der Waals surface area contributed by atoms with Crippen LogP contribution in [-0.4, -0.2) is 18.1 Å². The van der Waals surface area contributed by atoms with Crippen LogP contribution < -0.4 is 4.87 Å². The van der Waals surface area contributed by atoms with E-state index in [4.69, 9.17) is 0 Å². The standard InChI is InChI=1S/C5H5NO3S/c1-9-4(7)3-2-10-5(8)6-3/h2H,1H3,(H,6,8). The first kappa shape index (κ1) is 7.01. The van der Waals surface area contributed by atoms with Gasteiger partial charge in [0.2, 0.25) is 0 Å². The minimum Gasteiger partial charge on any atom is -0.464 e. The Balaban J connectivity index is 2.95. The minimum atomic E-state index is -0.515. The molecule has 0 aromatic carbocycles. The van der Waals surface area contributed by atoms with Gasteiger partial charge in [0.25, 0.3) is 0 Å². The Bertz CT molecular complexity index is 287. The molecule has 0 amide bonds. The normalized spacial score (nSPS) is 9.30. The number of aromatic nitrogens is 1. The lowest BCUT2D eigenvalue weighted by Crippen LogP contribution is -2.04. The molecule has 1 aromatic rings. The number of rotatable bonds is 1. The average Bonchev–Trinajstić information content (AvgIpc) is 2.34. The van der Waals surface area contributed by atoms with E-state index in [1.807, 2.05) is 0 Å². The Kier molecular flexibility index (Phi) is 1.86. The molecule has 0 aliphatic carbocycles. The molecule has 0 radical (unpaired) electrons. The van der Waals surface area contributed by atoms with Crippen molar-refractivity contribution in [1.29, 1.82) is 0 Å². The fourth-order valence-electron chi connectivity index (χ4n) is 0.490. The maximum Gasteiger partial charge on any atom is 0.355 e. The Morgan fingerprint density at radius 2 is 2.50 bits per heavy atom. The van der Waals surface area contributed by atoms with Gasteiger partial charge in [-0.15, -0.1) is 0 Å². The van der Waals surface area contributed by atoms with Gasteiger partial charge in [-0.25, -0.2) is 4.79 Å². The molecule has 0 aliphatic rings. The lowest BCUT2D eigenvalue weighted by Gasteiger charge is -1.90. The van der Waals surface area contributed by atoms with Crippen molar-refractivity contribution in [2.75, 3.05) is 7.11 Å². The van der Waals surface area contributed by atoms with Crippen molar-refractivity contribution in [2.24, 2.45) is 0 Å². The summed E-state index contributed by atoms with van der Waals surface area (Å²) in [6.07, 6.45) is 0. The first-order chi connectivity index (χ1) is 4.74. The predicted molar refractivity (Wildman–Crippen MR) is 36.3 cm³/mol. The fourth-order valence-corrected chi connectivity index (χ4v) is 1.04. The number of esters is 1. The lowest BCUT2D eigenvalue weighted by molar-refractivity contribution is 0.0594. The molecule has 0 saturated heterocycles. The van der Waals surface area contributed by atoms with Crippen molar-refractivity contribution < 1.29 is 9.53 Å². The molecular formula is C5H5NO3S. The van der Waals surface area contributed by atoms with Crippen LogP contribution in [0, 0.1) is 0 Å². The Hall–Kier alpha value is -1.10. The number of H-pyrrole nitrogens is 1. The third-order valence-electron chi connectivity index (χ3n) is 0.926. The SMILES string of the molecule is COC(=O)c1csc(=O)[nH]1. The molecular weight excluding hydrogens is 154 g/mol. The number of hydrogen-bond donors (Lipinski definition) is 1. The monoisotopic (exact) mass is 159 g/mol. The second-order valence-corrected chi connectivity index (χ2v) is 2.40. The van der Waals surface area contributed by atoms with E-state index in [1.165, 1.54) is 12.5 Å². The van der Waals surface area contributed by atoms with E-state index in [0.717, 1.165) is 11.3 Å². The summed E-state index contributed by atoms with van der Waals surface area (Å²) in [5, 5.41) is 1.42. The molecule has 4 nitrogen and oxygen atoms in total. The molecule has 0 unspecified atom stereocenters. The number of hydrogen-bond acceptors (Lipinski definition) is 4. The summed E-state index contributed by atoms with van der Waals surface area (Å²) < 4.78 is 4.35. The summed E-state index contributed by atoms with van der Waals surface area (Å²) >= 11 is 0.936. The number of nitrogens with one attached hydrogen (secondary N) is 1. The van der Waals surface area contributed by atoms with Crippen LogP contribution in [0.5, 0.6) is 0 Å². The molecule has 1 heterocycles. The Labute approximate surface area is 60.5 Å². The molecule has 1 rings (SSSR count). The summed E-state index contributed by atoms with van der Waals surface area (Å²) in [5.41, 5.74) is 0.206. The largest absolute Gasteiger partial charge is 0.464 e. The summed E-state index contributed by atoms with van der Waals surface area (Å²) in [6, 6.07) is 0. The minimum absolute atomic E-state index is 0.206.